The summed E-state index contributed by atoms with van der Waals surface area (Å²) >= 11 is 0. The highest BCUT2D eigenvalue weighted by atomic mass is 19.1. The van der Waals surface area contributed by atoms with Gasteiger partial charge in [0, 0.05) is 31.9 Å². The average Bonchev–Trinajstić information content (AvgIpc) is 2.48. The van der Waals surface area contributed by atoms with Gasteiger partial charge in [0.25, 0.3) is 0 Å². The fourth-order valence-corrected chi connectivity index (χ4v) is 2.14. The highest BCUT2D eigenvalue weighted by Gasteiger charge is 2.26. The molecule has 0 atom stereocenters. The molecule has 1 aliphatic rings. The number of benzene rings is 1. The number of hydrogen-bond acceptors (Lipinski definition) is 4. The second-order valence-electron chi connectivity index (χ2n) is 4.48. The zero-order chi connectivity index (χ0) is 14.5. The van der Waals surface area contributed by atoms with E-state index in [1.54, 1.807) is 19.1 Å². The van der Waals surface area contributed by atoms with Crippen LogP contribution in [0.25, 0.3) is 0 Å². The van der Waals surface area contributed by atoms with Crippen molar-refractivity contribution in [2.24, 2.45) is 0 Å². The van der Waals surface area contributed by atoms with Gasteiger partial charge in [-0.2, -0.15) is 0 Å². The summed E-state index contributed by atoms with van der Waals surface area (Å²) in [5.74, 6) is -1.67. The van der Waals surface area contributed by atoms with Gasteiger partial charge in [0.05, 0.1) is 6.61 Å². The van der Waals surface area contributed by atoms with Crippen molar-refractivity contribution in [2.45, 2.75) is 6.92 Å². The predicted molar refractivity (Wildman–Crippen MR) is 71.8 cm³/mol. The van der Waals surface area contributed by atoms with Crippen LogP contribution < -0.4 is 4.90 Å². The first-order valence-corrected chi connectivity index (χ1v) is 6.58. The Kier molecular flexibility index (Phi) is 4.55. The largest absolute Gasteiger partial charge is 0.459 e. The van der Waals surface area contributed by atoms with Crippen LogP contribution in [0.15, 0.2) is 24.3 Å². The summed E-state index contributed by atoms with van der Waals surface area (Å²) in [5.41, 5.74) is 0.912. The minimum atomic E-state index is -0.803. The number of rotatable bonds is 2. The number of halogens is 1. The highest BCUT2D eigenvalue weighted by Crippen LogP contribution is 2.16. The minimum absolute atomic E-state index is 0.195. The molecule has 1 fully saturated rings. The Morgan fingerprint density at radius 2 is 1.75 bits per heavy atom. The third-order valence-corrected chi connectivity index (χ3v) is 3.21. The quantitative estimate of drug-likeness (QED) is 0.600. The number of anilines is 1. The van der Waals surface area contributed by atoms with E-state index in [1.807, 2.05) is 4.90 Å². The Morgan fingerprint density at radius 3 is 2.30 bits per heavy atom. The molecule has 0 radical (unpaired) electrons. The molecule has 1 amide bonds. The number of amides is 1. The van der Waals surface area contributed by atoms with E-state index in [0.717, 1.165) is 5.69 Å². The van der Waals surface area contributed by atoms with Crippen molar-refractivity contribution in [1.29, 1.82) is 0 Å². The highest BCUT2D eigenvalue weighted by molar-refractivity contribution is 6.32. The average molecular weight is 280 g/mol. The standard InChI is InChI=1S/C14H17FN2O3/c1-2-20-14(19)13(18)17-9-7-16(8-10-17)12-5-3-11(15)4-6-12/h3-6H,2,7-10H2,1H3. The van der Waals surface area contributed by atoms with E-state index in [1.165, 1.54) is 17.0 Å². The van der Waals surface area contributed by atoms with Crippen molar-refractivity contribution in [3.8, 4) is 0 Å². The number of hydrogen-bond donors (Lipinski definition) is 0. The molecule has 0 aliphatic carbocycles. The van der Waals surface area contributed by atoms with Crippen molar-refractivity contribution in [1.82, 2.24) is 4.90 Å². The number of piperazine rings is 1. The summed E-state index contributed by atoms with van der Waals surface area (Å²) in [6, 6.07) is 6.23. The van der Waals surface area contributed by atoms with Gasteiger partial charge in [0.15, 0.2) is 0 Å². The Labute approximate surface area is 116 Å². The molecule has 6 heteroatoms. The molecule has 0 unspecified atom stereocenters. The lowest BCUT2D eigenvalue weighted by Crippen LogP contribution is -2.51. The van der Waals surface area contributed by atoms with Crippen molar-refractivity contribution in [2.75, 3.05) is 37.7 Å². The van der Waals surface area contributed by atoms with Crippen LogP contribution >= 0.6 is 0 Å². The maximum Gasteiger partial charge on any atom is 0.397 e. The van der Waals surface area contributed by atoms with Crippen molar-refractivity contribution >= 4 is 17.6 Å². The van der Waals surface area contributed by atoms with E-state index in [2.05, 4.69) is 0 Å². The van der Waals surface area contributed by atoms with E-state index in [-0.39, 0.29) is 12.4 Å². The summed E-state index contributed by atoms with van der Waals surface area (Å²) in [6.45, 7) is 3.98. The lowest BCUT2D eigenvalue weighted by molar-refractivity contribution is -0.160. The molecular formula is C14H17FN2O3. The Bertz CT molecular complexity index is 482. The van der Waals surface area contributed by atoms with Gasteiger partial charge >= 0.3 is 11.9 Å². The van der Waals surface area contributed by atoms with E-state index in [0.29, 0.717) is 26.2 Å². The first-order chi connectivity index (χ1) is 9.61. The topological polar surface area (TPSA) is 49.9 Å². The van der Waals surface area contributed by atoms with Crippen molar-refractivity contribution in [3.63, 3.8) is 0 Å². The second kappa shape index (κ2) is 6.36. The van der Waals surface area contributed by atoms with E-state index in [9.17, 15) is 14.0 Å². The Hall–Kier alpha value is -2.11. The second-order valence-corrected chi connectivity index (χ2v) is 4.48. The zero-order valence-electron chi connectivity index (χ0n) is 11.3. The Morgan fingerprint density at radius 1 is 1.15 bits per heavy atom. The molecule has 0 saturated carbocycles. The van der Waals surface area contributed by atoms with Crippen molar-refractivity contribution < 1.29 is 18.7 Å². The zero-order valence-corrected chi connectivity index (χ0v) is 11.3. The fraction of sp³-hybridized carbons (Fsp3) is 0.429. The molecule has 108 valence electrons. The first-order valence-electron chi connectivity index (χ1n) is 6.58. The molecule has 0 bridgehead atoms. The molecule has 1 aromatic rings. The molecule has 1 aliphatic heterocycles. The summed E-state index contributed by atoms with van der Waals surface area (Å²) in [4.78, 5) is 26.7. The Balaban J connectivity index is 1.90. The van der Waals surface area contributed by atoms with Crippen LogP contribution in [0, 0.1) is 5.82 Å². The minimum Gasteiger partial charge on any atom is -0.459 e. The van der Waals surface area contributed by atoms with Gasteiger partial charge in [-0.05, 0) is 31.2 Å². The molecule has 2 rings (SSSR count). The lowest BCUT2D eigenvalue weighted by Gasteiger charge is -2.35. The molecule has 1 saturated heterocycles. The molecule has 0 spiro atoms. The van der Waals surface area contributed by atoms with Crippen LogP contribution in [-0.2, 0) is 14.3 Å². The summed E-state index contributed by atoms with van der Waals surface area (Å²) in [6.07, 6.45) is 0. The van der Waals surface area contributed by atoms with Gasteiger partial charge in [0.1, 0.15) is 5.82 Å². The van der Waals surface area contributed by atoms with Gasteiger partial charge in [-0.3, -0.25) is 4.79 Å². The van der Waals surface area contributed by atoms with Crippen LogP contribution in [0.1, 0.15) is 6.92 Å². The van der Waals surface area contributed by atoms with Crippen molar-refractivity contribution in [3.05, 3.63) is 30.1 Å². The third kappa shape index (κ3) is 3.26. The smallest absolute Gasteiger partial charge is 0.397 e. The van der Waals surface area contributed by atoms with Crippen LogP contribution in [0.5, 0.6) is 0 Å². The number of esters is 1. The van der Waals surface area contributed by atoms with Crippen LogP contribution in [0.4, 0.5) is 10.1 Å². The maximum absolute atomic E-state index is 12.9. The van der Waals surface area contributed by atoms with E-state index >= 15 is 0 Å². The molecule has 0 N–H and O–H groups in total. The van der Waals surface area contributed by atoms with E-state index < -0.39 is 11.9 Å². The predicted octanol–water partition coefficient (Wildman–Crippen LogP) is 1.04. The molecule has 20 heavy (non-hydrogen) atoms. The van der Waals surface area contributed by atoms with Gasteiger partial charge in [0.2, 0.25) is 0 Å². The maximum atomic E-state index is 12.9. The SMILES string of the molecule is CCOC(=O)C(=O)N1CCN(c2ccc(F)cc2)CC1. The van der Waals surface area contributed by atoms with Crippen LogP contribution in [-0.4, -0.2) is 49.6 Å². The van der Waals surface area contributed by atoms with E-state index in [4.69, 9.17) is 4.74 Å². The first kappa shape index (κ1) is 14.3. The molecule has 1 aromatic carbocycles. The number of carbonyl (C=O) groups excluding carboxylic acids is 2. The lowest BCUT2D eigenvalue weighted by atomic mass is 10.2. The van der Waals surface area contributed by atoms with Crippen LogP contribution in [0.3, 0.4) is 0 Å². The number of nitrogens with zero attached hydrogens (tertiary/aromatic N) is 2. The monoisotopic (exact) mass is 280 g/mol. The van der Waals surface area contributed by atoms with Crippen LogP contribution in [0.2, 0.25) is 0 Å². The molecule has 1 heterocycles. The van der Waals surface area contributed by atoms with Gasteiger partial charge in [-0.15, -0.1) is 0 Å². The number of ether oxygens (including phenoxy) is 1. The van der Waals surface area contributed by atoms with Gasteiger partial charge in [-0.1, -0.05) is 0 Å². The third-order valence-electron chi connectivity index (χ3n) is 3.21. The van der Waals surface area contributed by atoms with Gasteiger partial charge in [-0.25, -0.2) is 9.18 Å². The van der Waals surface area contributed by atoms with Gasteiger partial charge < -0.3 is 14.5 Å². The summed E-state index contributed by atoms with van der Waals surface area (Å²) in [5, 5.41) is 0. The summed E-state index contributed by atoms with van der Waals surface area (Å²) in [7, 11) is 0. The number of carbonyl (C=O) groups is 2. The molecule has 5 nitrogen and oxygen atoms in total. The molecule has 0 aromatic heterocycles. The fourth-order valence-electron chi connectivity index (χ4n) is 2.14. The normalized spacial score (nSPS) is 15.1. The molecular weight excluding hydrogens is 263 g/mol. The summed E-state index contributed by atoms with van der Waals surface area (Å²) < 4.78 is 17.6.